The average molecular weight is 881 g/mol. The van der Waals surface area contributed by atoms with Crippen LogP contribution in [-0.2, 0) is 5.41 Å². The molecular weight excluding hydrogens is 849 g/mol. The Bertz CT molecular complexity index is 4400. The minimum Gasteiger partial charge on any atom is -0.457 e. The molecule has 0 N–H and O–H groups in total. The van der Waals surface area contributed by atoms with Gasteiger partial charge in [0.1, 0.15) is 11.5 Å². The number of rotatable bonds is 3. The van der Waals surface area contributed by atoms with E-state index >= 15 is 0 Å². The lowest BCUT2D eigenvalue weighted by atomic mass is 9.66. The summed E-state index contributed by atoms with van der Waals surface area (Å²) in [6.45, 7) is 0. The summed E-state index contributed by atoms with van der Waals surface area (Å²) in [5, 5.41) is 26.0. The minimum atomic E-state index is -0.801. The molecule has 0 saturated carbocycles. The number of ether oxygens (including phenoxy) is 1. The van der Waals surface area contributed by atoms with Crippen LogP contribution in [0.1, 0.15) is 33.4 Å². The lowest BCUT2D eigenvalue weighted by Crippen LogP contribution is -2.32. The lowest BCUT2D eigenvalue weighted by molar-refractivity contribution is 0.436. The monoisotopic (exact) mass is 880 g/mol. The van der Waals surface area contributed by atoms with Gasteiger partial charge < -0.3 is 18.4 Å². The van der Waals surface area contributed by atoms with Crippen molar-refractivity contribution in [3.05, 3.63) is 228 Å². The molecule has 13 aromatic rings. The largest absolute Gasteiger partial charge is 0.457 e. The van der Waals surface area contributed by atoms with Crippen molar-refractivity contribution in [2.24, 2.45) is 0 Å². The number of hydrogen-bond donors (Lipinski definition) is 0. The normalized spacial score (nSPS) is 14.5. The number of nitrogens with zero attached hydrogens (tertiary/aromatic N) is 8. The summed E-state index contributed by atoms with van der Waals surface area (Å²) in [7, 11) is 0. The molecule has 9 heteroatoms. The van der Waals surface area contributed by atoms with Gasteiger partial charge in [-0.2, -0.15) is 10.5 Å². The molecule has 9 nitrogen and oxygen atoms in total. The molecule has 6 aromatic heterocycles. The second kappa shape index (κ2) is 13.6. The second-order valence-electron chi connectivity index (χ2n) is 17.8. The first kappa shape index (κ1) is 37.4. The summed E-state index contributed by atoms with van der Waals surface area (Å²) < 4.78 is 13.9. The van der Waals surface area contributed by atoms with Crippen LogP contribution in [0.4, 0.5) is 0 Å². The third-order valence-electron chi connectivity index (χ3n) is 14.5. The summed E-state index contributed by atoms with van der Waals surface area (Å²) in [6, 6.07) is 63.3. The van der Waals surface area contributed by atoms with E-state index in [2.05, 4.69) is 152 Å². The van der Waals surface area contributed by atoms with Gasteiger partial charge in [-0.25, -0.2) is 0 Å². The number of benzene rings is 7. The number of nitriles is 2. The molecule has 7 heterocycles. The van der Waals surface area contributed by atoms with Crippen molar-refractivity contribution in [3.8, 4) is 52.1 Å². The summed E-state index contributed by atoms with van der Waals surface area (Å²) in [5.74, 6) is 1.51. The van der Waals surface area contributed by atoms with Crippen LogP contribution in [0, 0.1) is 22.7 Å². The van der Waals surface area contributed by atoms with Crippen molar-refractivity contribution in [3.63, 3.8) is 0 Å². The molecule has 1 aliphatic heterocycles. The van der Waals surface area contributed by atoms with Crippen molar-refractivity contribution in [1.82, 2.24) is 28.7 Å². The van der Waals surface area contributed by atoms with Crippen molar-refractivity contribution >= 4 is 65.4 Å². The molecule has 69 heavy (non-hydrogen) atoms. The van der Waals surface area contributed by atoms with Gasteiger partial charge in [-0.3, -0.25) is 15.0 Å². The minimum absolute atomic E-state index is 0.567. The molecule has 0 radical (unpaired) electrons. The van der Waals surface area contributed by atoms with Crippen molar-refractivity contribution in [2.45, 2.75) is 5.41 Å². The zero-order valence-corrected chi connectivity index (χ0v) is 36.5. The van der Waals surface area contributed by atoms with Crippen LogP contribution in [0.15, 0.2) is 195 Å². The first-order valence-electron chi connectivity index (χ1n) is 22.8. The Morgan fingerprint density at radius 2 is 0.957 bits per heavy atom. The Hall–Kier alpha value is -9.83. The number of aromatic nitrogens is 6. The topological polar surface area (TPSA) is 110 Å². The first-order chi connectivity index (χ1) is 34.1. The second-order valence-corrected chi connectivity index (χ2v) is 17.8. The van der Waals surface area contributed by atoms with Gasteiger partial charge in [-0.15, -0.1) is 0 Å². The highest BCUT2D eigenvalue weighted by molar-refractivity contribution is 6.13. The van der Waals surface area contributed by atoms with Crippen LogP contribution in [0.25, 0.3) is 93.9 Å². The van der Waals surface area contributed by atoms with Gasteiger partial charge in [0, 0.05) is 78.8 Å². The highest BCUT2D eigenvalue weighted by atomic mass is 16.5. The number of fused-ring (bicyclic) bond motifs is 18. The third-order valence-corrected chi connectivity index (χ3v) is 14.5. The van der Waals surface area contributed by atoms with E-state index in [4.69, 9.17) is 14.7 Å². The Balaban J connectivity index is 0.949. The molecule has 0 amide bonds. The molecule has 2 aliphatic rings. The molecule has 318 valence electrons. The fraction of sp³-hybridized carbons (Fsp3) is 0.0167. The van der Waals surface area contributed by atoms with Gasteiger partial charge in [0.15, 0.2) is 0 Å². The highest BCUT2D eigenvalue weighted by Gasteiger charge is 2.52. The maximum absolute atomic E-state index is 9.82. The van der Waals surface area contributed by atoms with E-state index in [9.17, 15) is 10.5 Å². The fourth-order valence-electron chi connectivity index (χ4n) is 11.8. The predicted molar refractivity (Wildman–Crippen MR) is 270 cm³/mol. The molecular formula is C60H32N8O. The van der Waals surface area contributed by atoms with Gasteiger partial charge in [0.05, 0.1) is 91.2 Å². The zero-order valence-electron chi connectivity index (χ0n) is 36.5. The number of para-hydroxylation sites is 3. The van der Waals surface area contributed by atoms with Crippen LogP contribution < -0.4 is 4.74 Å². The molecule has 0 fully saturated rings. The van der Waals surface area contributed by atoms with Crippen LogP contribution in [0.3, 0.4) is 0 Å². The van der Waals surface area contributed by atoms with Gasteiger partial charge in [-0.05, 0) is 103 Å². The molecule has 1 aliphatic carbocycles. The van der Waals surface area contributed by atoms with E-state index in [1.54, 1.807) is 0 Å². The van der Waals surface area contributed by atoms with E-state index in [-0.39, 0.29) is 0 Å². The molecule has 1 spiro atoms. The van der Waals surface area contributed by atoms with Crippen LogP contribution in [0.5, 0.6) is 11.5 Å². The summed E-state index contributed by atoms with van der Waals surface area (Å²) in [4.78, 5) is 15.0. The Labute approximate surface area is 393 Å². The van der Waals surface area contributed by atoms with E-state index in [0.717, 1.165) is 117 Å². The smallest absolute Gasteiger partial charge is 0.134 e. The van der Waals surface area contributed by atoms with Gasteiger partial charge >= 0.3 is 0 Å². The predicted octanol–water partition coefficient (Wildman–Crippen LogP) is 13.4. The Morgan fingerprint density at radius 3 is 1.71 bits per heavy atom. The summed E-state index contributed by atoms with van der Waals surface area (Å²) >= 11 is 0. The maximum Gasteiger partial charge on any atom is 0.134 e. The van der Waals surface area contributed by atoms with Gasteiger partial charge in [0.25, 0.3) is 0 Å². The third kappa shape index (κ3) is 4.87. The lowest BCUT2D eigenvalue weighted by Gasteiger charge is -2.39. The van der Waals surface area contributed by atoms with E-state index in [1.165, 1.54) is 10.8 Å². The van der Waals surface area contributed by atoms with Crippen molar-refractivity contribution in [2.75, 3.05) is 0 Å². The molecule has 15 rings (SSSR count). The first-order valence-corrected chi connectivity index (χ1v) is 22.8. The molecule has 7 aromatic carbocycles. The van der Waals surface area contributed by atoms with E-state index in [0.29, 0.717) is 11.1 Å². The van der Waals surface area contributed by atoms with Crippen molar-refractivity contribution < 1.29 is 4.74 Å². The molecule has 0 saturated heterocycles. The molecule has 1 unspecified atom stereocenters. The molecule has 1 atom stereocenters. The average Bonchev–Trinajstić information content (AvgIpc) is 4.12. The molecule has 0 bridgehead atoms. The van der Waals surface area contributed by atoms with Gasteiger partial charge in [-0.1, -0.05) is 66.7 Å². The number of hydrogen-bond acceptors (Lipinski definition) is 6. The fourth-order valence-corrected chi connectivity index (χ4v) is 11.8. The highest BCUT2D eigenvalue weighted by Crippen LogP contribution is 2.62. The van der Waals surface area contributed by atoms with Gasteiger partial charge in [0.2, 0.25) is 0 Å². The van der Waals surface area contributed by atoms with E-state index < -0.39 is 5.41 Å². The number of pyridine rings is 3. The van der Waals surface area contributed by atoms with Crippen LogP contribution >= 0.6 is 0 Å². The standard InChI is InChI=1S/C60H32N8O/c61-31-35-15-20-52-43(26-35)44-27-36(32-62)16-21-53(44)66(52)37-18-22-54-45(28-37)42-23-25-63-34-55(42)67(54)38-17-19-47-57(30-38)69-56-14-6-3-10-46(56)60(47)48-11-7-24-64-58(48)59-49(60)29-39(33-65-59)68-50-12-4-1-8-40(50)41-9-2-5-13-51(41)68/h1-30,33-34H. The summed E-state index contributed by atoms with van der Waals surface area (Å²) in [5.41, 5.74) is 15.1. The van der Waals surface area contributed by atoms with Crippen LogP contribution in [-0.4, -0.2) is 28.7 Å². The Morgan fingerprint density at radius 1 is 0.391 bits per heavy atom. The quantitative estimate of drug-likeness (QED) is 0.175. The summed E-state index contributed by atoms with van der Waals surface area (Å²) in [6.07, 6.45) is 7.61. The maximum atomic E-state index is 9.82. The van der Waals surface area contributed by atoms with Crippen molar-refractivity contribution in [1.29, 1.82) is 10.5 Å². The van der Waals surface area contributed by atoms with E-state index in [1.807, 2.05) is 73.3 Å². The Kier molecular flexibility index (Phi) is 7.38. The zero-order chi connectivity index (χ0) is 45.5. The van der Waals surface area contributed by atoms with Crippen LogP contribution in [0.2, 0.25) is 0 Å². The SMILES string of the molecule is N#Cc1ccc2c(c1)c1cc(C#N)ccc1n2-c1ccc2c(c1)c1ccncc1n2-c1ccc2c(c1)Oc1ccccc1C21c2cccnc2-c2ncc(-n3c4ccccc4c4ccccc43)cc21.